The maximum absolute atomic E-state index is 12.7. The van der Waals surface area contributed by atoms with Crippen LogP contribution in [-0.2, 0) is 4.79 Å². The lowest BCUT2D eigenvalue weighted by Gasteiger charge is -2.22. The molecule has 5 nitrogen and oxygen atoms in total. The number of halogens is 1. The fraction of sp³-hybridized carbons (Fsp3) is 0.417. The van der Waals surface area contributed by atoms with E-state index in [0.717, 1.165) is 12.3 Å². The van der Waals surface area contributed by atoms with E-state index in [0.29, 0.717) is 13.0 Å². The molecule has 1 aliphatic heterocycles. The molecule has 0 saturated carbocycles. The molecular formula is C12H13FN2O3. The summed E-state index contributed by atoms with van der Waals surface area (Å²) in [5.41, 5.74) is 0.134. The Hall–Kier alpha value is -1.98. The summed E-state index contributed by atoms with van der Waals surface area (Å²) in [5, 5.41) is 8.99. The number of hydrogen-bond acceptors (Lipinski definition) is 3. The van der Waals surface area contributed by atoms with Crippen molar-refractivity contribution in [1.29, 1.82) is 0 Å². The Labute approximate surface area is 103 Å². The molecule has 0 spiro atoms. The summed E-state index contributed by atoms with van der Waals surface area (Å²) >= 11 is 0. The molecule has 18 heavy (non-hydrogen) atoms. The Balaban J connectivity index is 2.15. The Kier molecular flexibility index (Phi) is 3.27. The number of carboxylic acids is 1. The highest BCUT2D eigenvalue weighted by Crippen LogP contribution is 2.25. The summed E-state index contributed by atoms with van der Waals surface area (Å²) < 4.78 is 12.7. The first kappa shape index (κ1) is 12.5. The zero-order valence-electron chi connectivity index (χ0n) is 9.84. The number of aliphatic carboxylic acids is 1. The predicted molar refractivity (Wildman–Crippen MR) is 60.4 cm³/mol. The molecule has 0 radical (unpaired) electrons. The average molecular weight is 252 g/mol. The van der Waals surface area contributed by atoms with Crippen molar-refractivity contribution >= 4 is 11.9 Å². The van der Waals surface area contributed by atoms with Gasteiger partial charge in [-0.15, -0.1) is 0 Å². The third-order valence-corrected chi connectivity index (χ3v) is 3.28. The molecule has 2 heterocycles. The average Bonchev–Trinajstić information content (AvgIpc) is 2.71. The molecule has 1 aliphatic rings. The van der Waals surface area contributed by atoms with Crippen LogP contribution in [0.1, 0.15) is 23.8 Å². The molecular weight excluding hydrogens is 239 g/mol. The molecule has 1 amide bonds. The summed E-state index contributed by atoms with van der Waals surface area (Å²) in [7, 11) is 0. The van der Waals surface area contributed by atoms with Gasteiger partial charge in [-0.3, -0.25) is 9.59 Å². The molecule has 1 fully saturated rings. The van der Waals surface area contributed by atoms with Gasteiger partial charge in [0.15, 0.2) is 0 Å². The van der Waals surface area contributed by atoms with Gasteiger partial charge in [0, 0.05) is 12.6 Å². The van der Waals surface area contributed by atoms with E-state index in [-0.39, 0.29) is 17.6 Å². The predicted octanol–water partition coefficient (Wildman–Crippen LogP) is 1.16. The van der Waals surface area contributed by atoms with Gasteiger partial charge in [0.2, 0.25) is 0 Å². The van der Waals surface area contributed by atoms with Gasteiger partial charge in [-0.25, -0.2) is 9.37 Å². The summed E-state index contributed by atoms with van der Waals surface area (Å²) in [5.74, 6) is -2.31. The highest BCUT2D eigenvalue weighted by Gasteiger charge is 2.38. The van der Waals surface area contributed by atoms with Gasteiger partial charge < -0.3 is 10.0 Å². The van der Waals surface area contributed by atoms with E-state index in [4.69, 9.17) is 5.11 Å². The minimum Gasteiger partial charge on any atom is -0.481 e. The van der Waals surface area contributed by atoms with Gasteiger partial charge in [0.25, 0.3) is 5.91 Å². The van der Waals surface area contributed by atoms with Crippen LogP contribution in [0.25, 0.3) is 0 Å². The second kappa shape index (κ2) is 4.72. The van der Waals surface area contributed by atoms with Crippen molar-refractivity contribution in [3.8, 4) is 0 Å². The number of pyridine rings is 1. The molecule has 0 aliphatic carbocycles. The Morgan fingerprint density at radius 3 is 2.72 bits per heavy atom. The zero-order chi connectivity index (χ0) is 13.3. The van der Waals surface area contributed by atoms with Gasteiger partial charge in [-0.05, 0) is 25.5 Å². The second-order valence-corrected chi connectivity index (χ2v) is 4.33. The highest BCUT2D eigenvalue weighted by molar-refractivity contribution is 5.93. The van der Waals surface area contributed by atoms with Gasteiger partial charge >= 0.3 is 5.97 Å². The largest absolute Gasteiger partial charge is 0.481 e. The molecule has 6 heteroatoms. The minimum absolute atomic E-state index is 0.134. The quantitative estimate of drug-likeness (QED) is 0.857. The number of carbonyl (C=O) groups is 2. The van der Waals surface area contributed by atoms with Crippen LogP contribution >= 0.6 is 0 Å². The summed E-state index contributed by atoms with van der Waals surface area (Å²) in [6.07, 6.45) is 1.41. The lowest BCUT2D eigenvalue weighted by atomic mass is 10.0. The molecule has 2 unspecified atom stereocenters. The molecule has 96 valence electrons. The van der Waals surface area contributed by atoms with Crippen LogP contribution in [0.2, 0.25) is 0 Å². The van der Waals surface area contributed by atoms with Crippen molar-refractivity contribution in [1.82, 2.24) is 9.88 Å². The third-order valence-electron chi connectivity index (χ3n) is 3.28. The van der Waals surface area contributed by atoms with Crippen LogP contribution in [0, 0.1) is 11.7 Å². The molecule has 1 aromatic heterocycles. The normalized spacial score (nSPS) is 23.1. The first-order valence-electron chi connectivity index (χ1n) is 5.66. The Morgan fingerprint density at radius 2 is 2.22 bits per heavy atom. The first-order valence-corrected chi connectivity index (χ1v) is 5.66. The van der Waals surface area contributed by atoms with E-state index in [2.05, 4.69) is 4.98 Å². The van der Waals surface area contributed by atoms with Crippen LogP contribution in [0.15, 0.2) is 18.3 Å². The van der Waals surface area contributed by atoms with E-state index in [9.17, 15) is 14.0 Å². The van der Waals surface area contributed by atoms with Crippen LogP contribution in [-0.4, -0.2) is 39.5 Å². The number of hydrogen-bond donors (Lipinski definition) is 1. The lowest BCUT2D eigenvalue weighted by molar-refractivity contribution is -0.142. The maximum Gasteiger partial charge on any atom is 0.308 e. The van der Waals surface area contributed by atoms with E-state index in [1.807, 2.05) is 0 Å². The van der Waals surface area contributed by atoms with Crippen LogP contribution < -0.4 is 0 Å². The molecule has 0 bridgehead atoms. The number of carboxylic acid groups (broad SMARTS) is 1. The van der Waals surface area contributed by atoms with E-state index >= 15 is 0 Å². The van der Waals surface area contributed by atoms with Gasteiger partial charge in [0.1, 0.15) is 11.5 Å². The van der Waals surface area contributed by atoms with Crippen molar-refractivity contribution < 1.29 is 19.1 Å². The number of nitrogens with zero attached hydrogens (tertiary/aromatic N) is 2. The van der Waals surface area contributed by atoms with Gasteiger partial charge in [-0.1, -0.05) is 0 Å². The summed E-state index contributed by atoms with van der Waals surface area (Å²) in [6, 6.07) is 2.09. The lowest BCUT2D eigenvalue weighted by Crippen LogP contribution is -2.38. The third kappa shape index (κ3) is 2.18. The van der Waals surface area contributed by atoms with Crippen molar-refractivity contribution in [3.63, 3.8) is 0 Å². The van der Waals surface area contributed by atoms with Crippen molar-refractivity contribution in [2.45, 2.75) is 19.4 Å². The van der Waals surface area contributed by atoms with E-state index in [1.165, 1.54) is 11.0 Å². The van der Waals surface area contributed by atoms with E-state index in [1.54, 1.807) is 6.92 Å². The fourth-order valence-corrected chi connectivity index (χ4v) is 2.21. The first-order chi connectivity index (χ1) is 8.50. The summed E-state index contributed by atoms with van der Waals surface area (Å²) in [4.78, 5) is 28.2. The number of likely N-dealkylation sites (tertiary alicyclic amines) is 1. The molecule has 0 aromatic carbocycles. The number of rotatable bonds is 2. The van der Waals surface area contributed by atoms with E-state index < -0.39 is 17.7 Å². The fourth-order valence-electron chi connectivity index (χ4n) is 2.21. The standard InChI is InChI=1S/C12H13FN2O3/c1-7-9(12(17)18)4-5-15(7)11(16)10-3-2-8(13)6-14-10/h2-3,6-7,9H,4-5H2,1H3,(H,17,18). The number of amides is 1. The van der Waals surface area contributed by atoms with Crippen LogP contribution in [0.3, 0.4) is 0 Å². The maximum atomic E-state index is 12.7. The molecule has 1 aromatic rings. The van der Waals surface area contributed by atoms with Crippen LogP contribution in [0.4, 0.5) is 4.39 Å². The van der Waals surface area contributed by atoms with Crippen molar-refractivity contribution in [2.75, 3.05) is 6.54 Å². The Morgan fingerprint density at radius 1 is 1.50 bits per heavy atom. The van der Waals surface area contributed by atoms with Crippen molar-refractivity contribution in [3.05, 3.63) is 29.8 Å². The molecule has 2 rings (SSSR count). The van der Waals surface area contributed by atoms with Gasteiger partial charge in [-0.2, -0.15) is 0 Å². The topological polar surface area (TPSA) is 70.5 Å². The second-order valence-electron chi connectivity index (χ2n) is 4.33. The van der Waals surface area contributed by atoms with Crippen LogP contribution in [0.5, 0.6) is 0 Å². The van der Waals surface area contributed by atoms with Crippen molar-refractivity contribution in [2.24, 2.45) is 5.92 Å². The van der Waals surface area contributed by atoms with Gasteiger partial charge in [0.05, 0.1) is 12.1 Å². The molecule has 2 atom stereocenters. The minimum atomic E-state index is -0.898. The SMILES string of the molecule is CC1C(C(=O)O)CCN1C(=O)c1ccc(F)cn1. The number of aromatic nitrogens is 1. The monoisotopic (exact) mass is 252 g/mol. The molecule has 1 saturated heterocycles. The summed E-state index contributed by atoms with van der Waals surface area (Å²) in [6.45, 7) is 2.09. The number of carbonyl (C=O) groups excluding carboxylic acids is 1. The molecule has 1 N–H and O–H groups in total. The smallest absolute Gasteiger partial charge is 0.308 e. The zero-order valence-corrected chi connectivity index (χ0v) is 9.84. The Bertz CT molecular complexity index is 475. The highest BCUT2D eigenvalue weighted by atomic mass is 19.1.